The van der Waals surface area contributed by atoms with Crippen LogP contribution < -0.4 is 4.90 Å². The summed E-state index contributed by atoms with van der Waals surface area (Å²) in [5.74, 6) is 0. The number of para-hydroxylation sites is 1. The first-order valence-corrected chi connectivity index (χ1v) is 29.4. The van der Waals surface area contributed by atoms with Crippen molar-refractivity contribution < 1.29 is 0 Å². The van der Waals surface area contributed by atoms with Gasteiger partial charge in [-0.25, -0.2) is 0 Å². The van der Waals surface area contributed by atoms with Crippen molar-refractivity contribution in [3.63, 3.8) is 0 Å². The maximum absolute atomic E-state index is 5.12. The average Bonchev–Trinajstić information content (AvgIpc) is 2.61. The van der Waals surface area contributed by atoms with Gasteiger partial charge in [-0.1, -0.05) is 229 Å². The van der Waals surface area contributed by atoms with Crippen molar-refractivity contribution in [3.8, 4) is 50.2 Å². The molecule has 0 radical (unpaired) electrons. The summed E-state index contributed by atoms with van der Waals surface area (Å²) < 4.78 is 12.7. The molecule has 0 fully saturated rings. The van der Waals surface area contributed by atoms with Crippen molar-refractivity contribution in [1.29, 1.82) is 0 Å². The monoisotopic (exact) mass is 1080 g/mol. The fourth-order valence-corrected chi connectivity index (χ4v) is 13.7. The Balaban J connectivity index is 0.927. The summed E-state index contributed by atoms with van der Waals surface area (Å²) in [4.78, 5) is 2.33. The second-order valence-electron chi connectivity index (χ2n) is 24.5. The van der Waals surface area contributed by atoms with Gasteiger partial charge in [0, 0.05) is 33.4 Å². The Bertz CT molecular complexity index is 4510. The minimum atomic E-state index is -0.580. The summed E-state index contributed by atoms with van der Waals surface area (Å²) in [6.45, 7) is 18.1. The van der Waals surface area contributed by atoms with E-state index in [1.807, 2.05) is 0 Å². The maximum Gasteiger partial charge on any atom is 0.129 e. The van der Waals surface area contributed by atoms with E-state index in [-0.39, 0.29) is 10.8 Å². The molecular formula is C77H64N4S. The second-order valence-corrected chi connectivity index (χ2v) is 25.0. The lowest BCUT2D eigenvalue weighted by atomic mass is 9.67. The molecule has 0 saturated carbocycles. The Hall–Kier alpha value is -9.16. The fraction of sp³-hybridized carbons (Fsp3) is 0.143. The summed E-state index contributed by atoms with van der Waals surface area (Å²) in [6.07, 6.45) is 0. The van der Waals surface area contributed by atoms with Gasteiger partial charge in [-0.15, -0.1) is 0 Å². The topological polar surface area (TPSA) is 34.0 Å². The van der Waals surface area contributed by atoms with Crippen molar-refractivity contribution in [2.45, 2.75) is 71.6 Å². The number of hydrogen-bond acceptors (Lipinski definition) is 4. The molecular weight excluding hydrogens is 1010 g/mol. The van der Waals surface area contributed by atoms with Gasteiger partial charge in [0.25, 0.3) is 0 Å². The van der Waals surface area contributed by atoms with Crippen molar-refractivity contribution in [1.82, 2.24) is 13.3 Å². The van der Waals surface area contributed by atoms with E-state index in [9.17, 15) is 0 Å². The molecule has 398 valence electrons. The van der Waals surface area contributed by atoms with Crippen molar-refractivity contribution >= 4 is 61.6 Å². The average molecular weight is 1080 g/mol. The van der Waals surface area contributed by atoms with Crippen LogP contribution in [0.2, 0.25) is 0 Å². The van der Waals surface area contributed by atoms with Gasteiger partial charge < -0.3 is 9.47 Å². The molecule has 5 heteroatoms. The number of rotatable bonds is 9. The zero-order chi connectivity index (χ0) is 56.1. The third kappa shape index (κ3) is 8.40. The molecule has 0 aliphatic heterocycles. The largest absolute Gasteiger partial charge is 0.309 e. The highest BCUT2D eigenvalue weighted by atomic mass is 32.1. The molecule has 0 bridgehead atoms. The molecule has 0 N–H and O–H groups in total. The zero-order valence-corrected chi connectivity index (χ0v) is 48.6. The third-order valence-electron chi connectivity index (χ3n) is 17.3. The van der Waals surface area contributed by atoms with E-state index in [2.05, 4.69) is 308 Å². The molecule has 2 heterocycles. The van der Waals surface area contributed by atoms with Crippen LogP contribution >= 0.6 is 11.7 Å². The Labute approximate surface area is 486 Å². The summed E-state index contributed by atoms with van der Waals surface area (Å²) in [7, 11) is 0. The molecule has 4 nitrogen and oxygen atoms in total. The Morgan fingerprint density at radius 2 is 0.951 bits per heavy atom. The summed E-state index contributed by atoms with van der Waals surface area (Å²) in [5.41, 5.74) is 27.4. The molecule has 0 amide bonds. The first kappa shape index (κ1) is 51.0. The number of fused-ring (bicyclic) bond motifs is 7. The molecule has 2 aromatic heterocycles. The standard InChI is InChI=1S/C77H64N4S/c1-49-22-41-62(50(2)46-49)53-25-38-60(39-26-53)80(59-36-23-52(24-37-59)51-16-10-9-11-17-51)71-45-44-63(73-74(71)79-82-78-73)54-27-42-67-66-19-13-15-21-70(66)81(72(67)47-54)61-40-43-65-64-18-12-14-20-68(64)77(69(65)48-61,57-32-28-55(29-33-57)75(3,4)5)58-34-30-56(31-35-58)76(6,7)8/h9-48H,1-8H3. The van der Waals surface area contributed by atoms with Gasteiger partial charge in [-0.05, 0) is 163 Å². The van der Waals surface area contributed by atoms with Gasteiger partial charge in [-0.3, -0.25) is 0 Å². The highest BCUT2D eigenvalue weighted by molar-refractivity contribution is 7.00. The van der Waals surface area contributed by atoms with Crippen LogP contribution in [-0.4, -0.2) is 13.3 Å². The quantitative estimate of drug-likeness (QED) is 0.144. The van der Waals surface area contributed by atoms with Crippen molar-refractivity contribution in [2.24, 2.45) is 0 Å². The van der Waals surface area contributed by atoms with Crippen molar-refractivity contribution in [2.75, 3.05) is 4.90 Å². The first-order valence-electron chi connectivity index (χ1n) is 28.6. The molecule has 0 spiro atoms. The number of aryl methyl sites for hydroxylation is 2. The minimum absolute atomic E-state index is 0.0168. The van der Waals surface area contributed by atoms with Crippen LogP contribution in [0, 0.1) is 13.8 Å². The van der Waals surface area contributed by atoms with E-state index in [1.165, 1.54) is 100 Å². The zero-order valence-electron chi connectivity index (χ0n) is 47.8. The predicted octanol–water partition coefficient (Wildman–Crippen LogP) is 20.8. The minimum Gasteiger partial charge on any atom is -0.309 e. The van der Waals surface area contributed by atoms with Crippen LogP contribution in [0.3, 0.4) is 0 Å². The number of nitrogens with zero attached hydrogens (tertiary/aromatic N) is 4. The lowest BCUT2D eigenvalue weighted by Gasteiger charge is -2.35. The van der Waals surface area contributed by atoms with Crippen LogP contribution in [-0.2, 0) is 16.2 Å². The van der Waals surface area contributed by atoms with E-state index in [1.54, 1.807) is 0 Å². The van der Waals surface area contributed by atoms with E-state index in [0.717, 1.165) is 55.9 Å². The van der Waals surface area contributed by atoms with Crippen LogP contribution in [0.25, 0.3) is 83.0 Å². The highest BCUT2D eigenvalue weighted by Crippen LogP contribution is 2.57. The van der Waals surface area contributed by atoms with Crippen LogP contribution in [0.5, 0.6) is 0 Å². The molecule has 0 saturated heterocycles. The molecule has 1 aliphatic carbocycles. The lowest BCUT2D eigenvalue weighted by Crippen LogP contribution is -2.29. The molecule has 14 rings (SSSR count). The van der Waals surface area contributed by atoms with E-state index in [4.69, 9.17) is 8.75 Å². The van der Waals surface area contributed by atoms with Gasteiger partial charge >= 0.3 is 0 Å². The highest BCUT2D eigenvalue weighted by Gasteiger charge is 2.46. The first-order chi connectivity index (χ1) is 39.7. The summed E-state index contributed by atoms with van der Waals surface area (Å²) in [6, 6.07) is 90.7. The smallest absolute Gasteiger partial charge is 0.129 e. The molecule has 11 aromatic carbocycles. The fourth-order valence-electron chi connectivity index (χ4n) is 13.1. The van der Waals surface area contributed by atoms with Gasteiger partial charge in [-0.2, -0.15) is 8.75 Å². The number of hydrogen-bond donors (Lipinski definition) is 0. The molecule has 13 aromatic rings. The molecule has 0 atom stereocenters. The molecule has 82 heavy (non-hydrogen) atoms. The Kier molecular flexibility index (Phi) is 12.2. The third-order valence-corrected chi connectivity index (χ3v) is 17.9. The molecule has 1 aliphatic rings. The van der Waals surface area contributed by atoms with Crippen LogP contribution in [0.15, 0.2) is 243 Å². The number of benzene rings is 11. The van der Waals surface area contributed by atoms with E-state index >= 15 is 0 Å². The van der Waals surface area contributed by atoms with Crippen LogP contribution in [0.4, 0.5) is 17.1 Å². The van der Waals surface area contributed by atoms with Gasteiger partial charge in [0.15, 0.2) is 0 Å². The van der Waals surface area contributed by atoms with E-state index in [0.29, 0.717) is 0 Å². The Morgan fingerprint density at radius 3 is 1.62 bits per heavy atom. The van der Waals surface area contributed by atoms with Gasteiger partial charge in [0.2, 0.25) is 0 Å². The summed E-state index contributed by atoms with van der Waals surface area (Å²) in [5, 5.41) is 2.41. The second kappa shape index (κ2) is 19.5. The number of anilines is 3. The maximum atomic E-state index is 5.12. The predicted molar refractivity (Wildman–Crippen MR) is 347 cm³/mol. The van der Waals surface area contributed by atoms with Gasteiger partial charge in [0.1, 0.15) is 11.0 Å². The SMILES string of the molecule is Cc1ccc(-c2ccc(N(c3ccc(-c4ccccc4)cc3)c3ccc(-c4ccc5c6ccccc6n(-c6ccc7c(c6)C(c6ccc(C(C)(C)C)cc6)(c6ccc(C(C)(C)C)cc6)c6ccccc6-7)c5c4)c4nsnc34)cc2)c(C)c1. The number of aromatic nitrogens is 3. The van der Waals surface area contributed by atoms with Crippen molar-refractivity contribution in [3.05, 3.63) is 287 Å². The van der Waals surface area contributed by atoms with E-state index < -0.39 is 5.41 Å². The Morgan fingerprint density at radius 1 is 0.402 bits per heavy atom. The molecule has 0 unspecified atom stereocenters. The van der Waals surface area contributed by atoms with Gasteiger partial charge in [0.05, 0.1) is 33.9 Å². The normalized spacial score (nSPS) is 13.0. The summed E-state index contributed by atoms with van der Waals surface area (Å²) >= 11 is 1.27. The lowest BCUT2D eigenvalue weighted by molar-refractivity contribution is 0.588. The van der Waals surface area contributed by atoms with Crippen LogP contribution in [0.1, 0.15) is 86.1 Å².